The molecular weight excluding hydrogens is 246 g/mol. The summed E-state index contributed by atoms with van der Waals surface area (Å²) in [7, 11) is 0. The number of nitrogens with zero attached hydrogens (tertiary/aromatic N) is 1. The van der Waals surface area contributed by atoms with Gasteiger partial charge in [0.1, 0.15) is 23.8 Å². The van der Waals surface area contributed by atoms with E-state index in [-0.39, 0.29) is 5.97 Å². The van der Waals surface area contributed by atoms with E-state index in [1.54, 1.807) is 31.2 Å². The highest BCUT2D eigenvalue weighted by atomic mass is 16.5. The lowest BCUT2D eigenvalue weighted by Crippen LogP contribution is -2.04. The maximum atomic E-state index is 11.5. The van der Waals surface area contributed by atoms with Gasteiger partial charge in [0.2, 0.25) is 0 Å². The lowest BCUT2D eigenvalue weighted by molar-refractivity contribution is 0.0526. The first-order valence-corrected chi connectivity index (χ1v) is 6.01. The van der Waals surface area contributed by atoms with Crippen LogP contribution in [0.3, 0.4) is 0 Å². The molecule has 2 aromatic rings. The van der Waals surface area contributed by atoms with Crippen LogP contribution in [0.1, 0.15) is 28.7 Å². The first-order chi connectivity index (χ1) is 9.19. The zero-order valence-electron chi connectivity index (χ0n) is 10.9. The molecule has 0 aliphatic heterocycles. The summed E-state index contributed by atoms with van der Waals surface area (Å²) in [5.41, 5.74) is 1.23. The van der Waals surface area contributed by atoms with Crippen LogP contribution >= 0.6 is 0 Å². The van der Waals surface area contributed by atoms with E-state index >= 15 is 0 Å². The number of benzene rings is 1. The molecule has 0 saturated heterocycles. The average molecular weight is 261 g/mol. The van der Waals surface area contributed by atoms with Crippen LogP contribution in [0.15, 0.2) is 34.9 Å². The van der Waals surface area contributed by atoms with E-state index in [0.717, 1.165) is 11.5 Å². The fourth-order valence-corrected chi connectivity index (χ4v) is 1.54. The minimum atomic E-state index is -0.332. The Balaban J connectivity index is 1.93. The van der Waals surface area contributed by atoms with Crippen LogP contribution in [-0.4, -0.2) is 17.7 Å². The predicted molar refractivity (Wildman–Crippen MR) is 68.0 cm³/mol. The molecule has 0 spiro atoms. The Morgan fingerprint density at radius 1 is 1.32 bits per heavy atom. The van der Waals surface area contributed by atoms with E-state index in [1.807, 2.05) is 13.0 Å². The summed E-state index contributed by atoms with van der Waals surface area (Å²) in [6.45, 7) is 4.29. The zero-order valence-corrected chi connectivity index (χ0v) is 10.9. The molecule has 19 heavy (non-hydrogen) atoms. The van der Waals surface area contributed by atoms with E-state index < -0.39 is 0 Å². The Morgan fingerprint density at radius 2 is 2.05 bits per heavy atom. The highest BCUT2D eigenvalue weighted by molar-refractivity contribution is 5.89. The quantitative estimate of drug-likeness (QED) is 0.774. The van der Waals surface area contributed by atoms with Gasteiger partial charge in [0.15, 0.2) is 0 Å². The van der Waals surface area contributed by atoms with E-state index in [1.165, 1.54) is 0 Å². The second-order valence-electron chi connectivity index (χ2n) is 3.96. The summed E-state index contributed by atoms with van der Waals surface area (Å²) in [5.74, 6) is 1.08. The maximum absolute atomic E-state index is 11.5. The predicted octanol–water partition coefficient (Wildman–Crippen LogP) is 2.74. The zero-order chi connectivity index (χ0) is 13.7. The molecule has 5 nitrogen and oxygen atoms in total. The number of hydrogen-bond acceptors (Lipinski definition) is 5. The lowest BCUT2D eigenvalue weighted by Gasteiger charge is -2.05. The van der Waals surface area contributed by atoms with Gasteiger partial charge in [-0.25, -0.2) is 4.79 Å². The average Bonchev–Trinajstić information content (AvgIpc) is 2.83. The first kappa shape index (κ1) is 13.1. The van der Waals surface area contributed by atoms with Crippen LogP contribution in [-0.2, 0) is 11.3 Å². The number of esters is 1. The normalized spacial score (nSPS) is 10.2. The monoisotopic (exact) mass is 261 g/mol. The number of aromatic nitrogens is 1. The molecule has 0 unspecified atom stereocenters. The highest BCUT2D eigenvalue weighted by Crippen LogP contribution is 2.15. The largest absolute Gasteiger partial charge is 0.487 e. The van der Waals surface area contributed by atoms with Crippen molar-refractivity contribution >= 4 is 5.97 Å². The minimum absolute atomic E-state index is 0.329. The van der Waals surface area contributed by atoms with Crippen LogP contribution < -0.4 is 4.74 Å². The van der Waals surface area contributed by atoms with Gasteiger partial charge in [0.05, 0.1) is 12.2 Å². The summed E-state index contributed by atoms with van der Waals surface area (Å²) in [4.78, 5) is 11.5. The molecule has 0 aliphatic rings. The van der Waals surface area contributed by atoms with Crippen molar-refractivity contribution in [2.75, 3.05) is 6.61 Å². The molecule has 0 N–H and O–H groups in total. The standard InChI is InChI=1S/C14H15NO4/c1-3-17-14(16)11-4-6-13(7-5-11)18-9-12-8-10(2)19-15-12/h4-8H,3,9H2,1-2H3. The molecule has 0 atom stereocenters. The Kier molecular flexibility index (Phi) is 4.18. The van der Waals surface area contributed by atoms with Crippen molar-refractivity contribution in [3.63, 3.8) is 0 Å². The van der Waals surface area contributed by atoms with Crippen molar-refractivity contribution < 1.29 is 18.8 Å². The van der Waals surface area contributed by atoms with Crippen LogP contribution in [0, 0.1) is 6.92 Å². The fraction of sp³-hybridized carbons (Fsp3) is 0.286. The van der Waals surface area contributed by atoms with Crippen molar-refractivity contribution in [1.82, 2.24) is 5.16 Å². The van der Waals surface area contributed by atoms with Crippen LogP contribution in [0.2, 0.25) is 0 Å². The van der Waals surface area contributed by atoms with Crippen molar-refractivity contribution in [3.8, 4) is 5.75 Å². The second kappa shape index (κ2) is 6.04. The molecule has 0 fully saturated rings. The molecule has 0 radical (unpaired) electrons. The van der Waals surface area contributed by atoms with Crippen LogP contribution in [0.4, 0.5) is 0 Å². The third kappa shape index (κ3) is 3.58. The van der Waals surface area contributed by atoms with E-state index in [4.69, 9.17) is 14.0 Å². The van der Waals surface area contributed by atoms with Gasteiger partial charge in [0.25, 0.3) is 0 Å². The van der Waals surface area contributed by atoms with E-state index in [2.05, 4.69) is 5.16 Å². The molecule has 0 bridgehead atoms. The summed E-state index contributed by atoms with van der Waals surface area (Å²) < 4.78 is 15.4. The van der Waals surface area contributed by atoms with Gasteiger partial charge < -0.3 is 14.0 Å². The van der Waals surface area contributed by atoms with Gasteiger partial charge in [-0.05, 0) is 38.1 Å². The van der Waals surface area contributed by atoms with E-state index in [0.29, 0.717) is 24.5 Å². The third-order valence-corrected chi connectivity index (χ3v) is 2.43. The van der Waals surface area contributed by atoms with Gasteiger partial charge in [-0.3, -0.25) is 0 Å². The summed E-state index contributed by atoms with van der Waals surface area (Å²) in [6, 6.07) is 8.59. The molecule has 5 heteroatoms. The molecule has 0 amide bonds. The molecule has 100 valence electrons. The Morgan fingerprint density at radius 3 is 2.63 bits per heavy atom. The molecule has 2 rings (SSSR count). The number of carbonyl (C=O) groups excluding carboxylic acids is 1. The number of carbonyl (C=O) groups is 1. The highest BCUT2D eigenvalue weighted by Gasteiger charge is 2.06. The summed E-state index contributed by atoms with van der Waals surface area (Å²) in [5, 5.41) is 3.83. The van der Waals surface area contributed by atoms with Crippen molar-refractivity contribution in [1.29, 1.82) is 0 Å². The fourth-order valence-electron chi connectivity index (χ4n) is 1.54. The summed E-state index contributed by atoms with van der Waals surface area (Å²) in [6.07, 6.45) is 0. The second-order valence-corrected chi connectivity index (χ2v) is 3.96. The molecule has 0 saturated carbocycles. The van der Waals surface area contributed by atoms with Crippen molar-refractivity contribution in [2.45, 2.75) is 20.5 Å². The maximum Gasteiger partial charge on any atom is 0.338 e. The van der Waals surface area contributed by atoms with Gasteiger partial charge in [-0.1, -0.05) is 5.16 Å². The number of ether oxygens (including phenoxy) is 2. The molecule has 0 aliphatic carbocycles. The van der Waals surface area contributed by atoms with E-state index in [9.17, 15) is 4.79 Å². The van der Waals surface area contributed by atoms with Gasteiger partial charge in [-0.15, -0.1) is 0 Å². The Bertz CT molecular complexity index is 545. The van der Waals surface area contributed by atoms with Crippen LogP contribution in [0.25, 0.3) is 0 Å². The van der Waals surface area contributed by atoms with Crippen LogP contribution in [0.5, 0.6) is 5.75 Å². The molecular formula is C14H15NO4. The molecule has 1 heterocycles. The SMILES string of the molecule is CCOC(=O)c1ccc(OCc2cc(C)on2)cc1. The van der Waals surface area contributed by atoms with Crippen molar-refractivity contribution in [2.24, 2.45) is 0 Å². The Labute approximate surface area is 111 Å². The first-order valence-electron chi connectivity index (χ1n) is 6.01. The third-order valence-electron chi connectivity index (χ3n) is 2.43. The number of rotatable bonds is 5. The smallest absolute Gasteiger partial charge is 0.338 e. The Hall–Kier alpha value is -2.30. The number of hydrogen-bond donors (Lipinski definition) is 0. The minimum Gasteiger partial charge on any atom is -0.487 e. The van der Waals surface area contributed by atoms with Gasteiger partial charge in [0, 0.05) is 6.07 Å². The lowest BCUT2D eigenvalue weighted by atomic mass is 10.2. The summed E-state index contributed by atoms with van der Waals surface area (Å²) >= 11 is 0. The number of aryl methyl sites for hydroxylation is 1. The molecule has 1 aromatic carbocycles. The van der Waals surface area contributed by atoms with Crippen molar-refractivity contribution in [3.05, 3.63) is 47.3 Å². The topological polar surface area (TPSA) is 61.6 Å². The molecule has 1 aromatic heterocycles. The van der Waals surface area contributed by atoms with Gasteiger partial charge in [-0.2, -0.15) is 0 Å². The van der Waals surface area contributed by atoms with Gasteiger partial charge >= 0.3 is 5.97 Å².